The second-order valence-corrected chi connectivity index (χ2v) is 5.74. The van der Waals surface area contributed by atoms with Gasteiger partial charge in [-0.1, -0.05) is 6.08 Å². The highest BCUT2D eigenvalue weighted by atomic mass is 32.2. The molecule has 0 spiro atoms. The minimum Gasteiger partial charge on any atom is -0.481 e. The molecule has 2 N–H and O–H groups in total. The predicted octanol–water partition coefficient (Wildman–Crippen LogP) is 0.193. The minimum absolute atomic E-state index is 0.264. The highest BCUT2D eigenvalue weighted by Crippen LogP contribution is 2.18. The highest BCUT2D eigenvalue weighted by molar-refractivity contribution is 7.87. The number of hydrogen-bond donors (Lipinski definition) is 2. The van der Waals surface area contributed by atoms with E-state index in [1.807, 2.05) is 0 Å². The van der Waals surface area contributed by atoms with Crippen molar-refractivity contribution in [2.45, 2.75) is 19.3 Å². The third-order valence-electron chi connectivity index (χ3n) is 2.78. The van der Waals surface area contributed by atoms with E-state index in [1.54, 1.807) is 6.08 Å². The molecule has 1 aliphatic rings. The van der Waals surface area contributed by atoms with Gasteiger partial charge in [-0.05, 0) is 19.3 Å². The lowest BCUT2D eigenvalue weighted by atomic mass is 9.99. The van der Waals surface area contributed by atoms with E-state index < -0.39 is 22.1 Å². The maximum absolute atomic E-state index is 11.8. The molecule has 0 unspecified atom stereocenters. The molecule has 1 rings (SSSR count). The van der Waals surface area contributed by atoms with Crippen LogP contribution in [0.2, 0.25) is 0 Å². The van der Waals surface area contributed by atoms with Gasteiger partial charge in [-0.2, -0.15) is 12.7 Å². The number of nitrogens with zero attached hydrogens (tertiary/aromatic N) is 1. The number of carboxylic acid groups (broad SMARTS) is 1. The van der Waals surface area contributed by atoms with Crippen LogP contribution in [-0.4, -0.2) is 43.4 Å². The van der Waals surface area contributed by atoms with Crippen molar-refractivity contribution >= 4 is 16.2 Å². The van der Waals surface area contributed by atoms with E-state index in [1.165, 1.54) is 4.31 Å². The summed E-state index contributed by atoms with van der Waals surface area (Å²) in [5.41, 5.74) is 0. The van der Waals surface area contributed by atoms with Gasteiger partial charge < -0.3 is 5.11 Å². The fraction of sp³-hybridized carbons (Fsp3) is 0.700. The number of carbonyl (C=O) groups is 1. The standard InChI is InChI=1S/C10H18N2O4S/c1-2-3-6-11-17(15,16)12-7-4-9(5-8-12)10(13)14/h2,9,11H,1,3-8H2,(H,13,14). The van der Waals surface area contributed by atoms with Gasteiger partial charge in [-0.15, -0.1) is 6.58 Å². The van der Waals surface area contributed by atoms with Gasteiger partial charge in [-0.3, -0.25) is 4.79 Å². The fourth-order valence-electron chi connectivity index (χ4n) is 1.72. The van der Waals surface area contributed by atoms with Gasteiger partial charge in [0.05, 0.1) is 5.92 Å². The van der Waals surface area contributed by atoms with E-state index in [-0.39, 0.29) is 13.1 Å². The van der Waals surface area contributed by atoms with Crippen LogP contribution in [0.15, 0.2) is 12.7 Å². The van der Waals surface area contributed by atoms with Crippen LogP contribution in [0.5, 0.6) is 0 Å². The number of carboxylic acids is 1. The molecule has 0 aromatic heterocycles. The SMILES string of the molecule is C=CCCNS(=O)(=O)N1CCC(C(=O)O)CC1. The molecule has 1 fully saturated rings. The Kier molecular flexibility index (Phi) is 5.10. The molecule has 1 saturated heterocycles. The maximum Gasteiger partial charge on any atom is 0.306 e. The molecular formula is C10H18N2O4S. The molecular weight excluding hydrogens is 244 g/mol. The molecule has 0 atom stereocenters. The molecule has 0 amide bonds. The van der Waals surface area contributed by atoms with E-state index in [0.717, 1.165) is 0 Å². The van der Waals surface area contributed by atoms with Gasteiger partial charge in [-0.25, -0.2) is 4.72 Å². The van der Waals surface area contributed by atoms with Crippen molar-refractivity contribution in [1.29, 1.82) is 0 Å². The molecule has 0 aromatic rings. The first-order chi connectivity index (χ1) is 7.97. The molecule has 0 bridgehead atoms. The Labute approximate surface area is 101 Å². The Morgan fingerprint density at radius 3 is 2.53 bits per heavy atom. The Morgan fingerprint density at radius 1 is 1.47 bits per heavy atom. The summed E-state index contributed by atoms with van der Waals surface area (Å²) >= 11 is 0. The van der Waals surface area contributed by atoms with Crippen molar-refractivity contribution < 1.29 is 18.3 Å². The average molecular weight is 262 g/mol. The van der Waals surface area contributed by atoms with E-state index >= 15 is 0 Å². The summed E-state index contributed by atoms with van der Waals surface area (Å²) in [6.45, 7) is 4.36. The van der Waals surface area contributed by atoms with Gasteiger partial charge >= 0.3 is 5.97 Å². The Balaban J connectivity index is 2.47. The molecule has 0 aliphatic carbocycles. The summed E-state index contributed by atoms with van der Waals surface area (Å²) in [6.07, 6.45) is 2.96. The van der Waals surface area contributed by atoms with Gasteiger partial charge in [0.1, 0.15) is 0 Å². The summed E-state index contributed by atoms with van der Waals surface area (Å²) in [7, 11) is -3.46. The quantitative estimate of drug-likeness (QED) is 0.528. The minimum atomic E-state index is -3.46. The van der Waals surface area contributed by atoms with Crippen molar-refractivity contribution in [3.05, 3.63) is 12.7 Å². The third kappa shape index (κ3) is 4.10. The first-order valence-electron chi connectivity index (χ1n) is 5.56. The predicted molar refractivity (Wildman–Crippen MR) is 63.7 cm³/mol. The number of nitrogens with one attached hydrogen (secondary N) is 1. The zero-order chi connectivity index (χ0) is 12.9. The van der Waals surface area contributed by atoms with Crippen LogP contribution in [0.4, 0.5) is 0 Å². The smallest absolute Gasteiger partial charge is 0.306 e. The van der Waals surface area contributed by atoms with Crippen LogP contribution in [0.25, 0.3) is 0 Å². The number of rotatable bonds is 6. The number of piperidine rings is 1. The summed E-state index contributed by atoms with van der Waals surface area (Å²) in [4.78, 5) is 10.7. The summed E-state index contributed by atoms with van der Waals surface area (Å²) in [5, 5.41) is 8.81. The van der Waals surface area contributed by atoms with E-state index in [0.29, 0.717) is 25.8 Å². The van der Waals surface area contributed by atoms with Crippen LogP contribution in [-0.2, 0) is 15.0 Å². The van der Waals surface area contributed by atoms with Crippen LogP contribution >= 0.6 is 0 Å². The Hall–Kier alpha value is -0.920. The Morgan fingerprint density at radius 2 is 2.06 bits per heavy atom. The monoisotopic (exact) mass is 262 g/mol. The topological polar surface area (TPSA) is 86.7 Å². The second kappa shape index (κ2) is 6.13. The van der Waals surface area contributed by atoms with E-state index in [2.05, 4.69) is 11.3 Å². The van der Waals surface area contributed by atoms with E-state index in [4.69, 9.17) is 5.11 Å². The third-order valence-corrected chi connectivity index (χ3v) is 4.39. The van der Waals surface area contributed by atoms with Gasteiger partial charge in [0, 0.05) is 19.6 Å². The Bertz CT molecular complexity index is 372. The van der Waals surface area contributed by atoms with Crippen LogP contribution in [0, 0.1) is 5.92 Å². The molecule has 17 heavy (non-hydrogen) atoms. The summed E-state index contributed by atoms with van der Waals surface area (Å²) in [6, 6.07) is 0. The molecule has 0 aromatic carbocycles. The molecule has 0 radical (unpaired) electrons. The van der Waals surface area contributed by atoms with Crippen LogP contribution in [0.3, 0.4) is 0 Å². The lowest BCUT2D eigenvalue weighted by molar-refractivity contribution is -0.142. The van der Waals surface area contributed by atoms with Crippen LogP contribution in [0.1, 0.15) is 19.3 Å². The molecule has 1 aliphatic heterocycles. The molecule has 6 nitrogen and oxygen atoms in total. The zero-order valence-electron chi connectivity index (χ0n) is 9.63. The van der Waals surface area contributed by atoms with Crippen molar-refractivity contribution in [3.8, 4) is 0 Å². The second-order valence-electron chi connectivity index (χ2n) is 3.99. The number of hydrogen-bond acceptors (Lipinski definition) is 3. The van der Waals surface area contributed by atoms with Crippen molar-refractivity contribution in [3.63, 3.8) is 0 Å². The van der Waals surface area contributed by atoms with Crippen molar-refractivity contribution in [1.82, 2.24) is 9.03 Å². The molecule has 98 valence electrons. The lowest BCUT2D eigenvalue weighted by Gasteiger charge is -2.29. The first kappa shape index (κ1) is 14.1. The number of aliphatic carboxylic acids is 1. The van der Waals surface area contributed by atoms with Crippen molar-refractivity contribution in [2.75, 3.05) is 19.6 Å². The summed E-state index contributed by atoms with van der Waals surface area (Å²) < 4.78 is 27.3. The largest absolute Gasteiger partial charge is 0.481 e. The average Bonchev–Trinajstić information content (AvgIpc) is 2.29. The molecule has 1 heterocycles. The van der Waals surface area contributed by atoms with Gasteiger partial charge in [0.25, 0.3) is 10.2 Å². The lowest BCUT2D eigenvalue weighted by Crippen LogP contribution is -2.46. The highest BCUT2D eigenvalue weighted by Gasteiger charge is 2.30. The fourth-order valence-corrected chi connectivity index (χ4v) is 2.97. The first-order valence-corrected chi connectivity index (χ1v) is 7.00. The molecule has 0 saturated carbocycles. The summed E-state index contributed by atoms with van der Waals surface area (Å²) in [5.74, 6) is -1.27. The van der Waals surface area contributed by atoms with Crippen LogP contribution < -0.4 is 4.72 Å². The normalized spacial score (nSPS) is 19.1. The van der Waals surface area contributed by atoms with Gasteiger partial charge in [0.2, 0.25) is 0 Å². The van der Waals surface area contributed by atoms with Gasteiger partial charge in [0.15, 0.2) is 0 Å². The van der Waals surface area contributed by atoms with Crippen molar-refractivity contribution in [2.24, 2.45) is 5.92 Å². The van der Waals surface area contributed by atoms with E-state index in [9.17, 15) is 13.2 Å². The molecule has 7 heteroatoms. The zero-order valence-corrected chi connectivity index (χ0v) is 10.4. The maximum atomic E-state index is 11.8.